The Morgan fingerprint density at radius 3 is 2.78 bits per heavy atom. The fourth-order valence-corrected chi connectivity index (χ4v) is 2.04. The lowest BCUT2D eigenvalue weighted by Gasteiger charge is -2.24. The van der Waals surface area contributed by atoms with Crippen molar-refractivity contribution >= 4 is 17.3 Å². The van der Waals surface area contributed by atoms with Gasteiger partial charge >= 0.3 is 0 Å². The summed E-state index contributed by atoms with van der Waals surface area (Å²) < 4.78 is 5.10. The average Bonchev–Trinajstić information content (AvgIpc) is 2.34. The molecule has 0 saturated heterocycles. The van der Waals surface area contributed by atoms with Crippen LogP contribution in [0.3, 0.4) is 0 Å². The Kier molecular flexibility index (Phi) is 6.19. The van der Waals surface area contributed by atoms with Crippen LogP contribution in [0.4, 0.5) is 5.69 Å². The molecule has 4 heteroatoms. The van der Waals surface area contributed by atoms with Crippen molar-refractivity contribution < 1.29 is 4.74 Å². The molecular formula is C14H21ClN2O. The maximum absolute atomic E-state index is 6.31. The number of hydrogen-bond acceptors (Lipinski definition) is 3. The summed E-state index contributed by atoms with van der Waals surface area (Å²) in [5, 5.41) is 0.711. The van der Waals surface area contributed by atoms with Crippen LogP contribution < -0.4 is 10.6 Å². The van der Waals surface area contributed by atoms with E-state index in [1.54, 1.807) is 7.11 Å². The molecule has 1 atom stereocenters. The molecule has 0 amide bonds. The number of methoxy groups -OCH3 is 1. The summed E-state index contributed by atoms with van der Waals surface area (Å²) in [6.45, 7) is 7.87. The minimum Gasteiger partial charge on any atom is -0.383 e. The van der Waals surface area contributed by atoms with Crippen LogP contribution in [-0.4, -0.2) is 26.8 Å². The first-order valence-corrected chi connectivity index (χ1v) is 6.37. The van der Waals surface area contributed by atoms with E-state index >= 15 is 0 Å². The molecule has 0 aliphatic heterocycles. The molecule has 0 fully saturated rings. The van der Waals surface area contributed by atoms with Crippen LogP contribution in [0.25, 0.3) is 0 Å². The highest BCUT2D eigenvalue weighted by atomic mass is 35.5. The molecular weight excluding hydrogens is 248 g/mol. The Morgan fingerprint density at radius 1 is 1.56 bits per heavy atom. The monoisotopic (exact) mass is 268 g/mol. The summed E-state index contributed by atoms with van der Waals surface area (Å²) in [5.41, 5.74) is 7.86. The number of nitrogens with two attached hydrogens (primary N) is 1. The standard InChI is InChI=1S/C14H21ClN2O/c1-4-7-17(8-9-18-3)14-6-5-12(11(2)16)10-13(14)15/h4-6,10-11H,1,7-9,16H2,2-3H3/t11-/m1/s1. The summed E-state index contributed by atoms with van der Waals surface area (Å²) in [5.74, 6) is 0. The van der Waals surface area contributed by atoms with Gasteiger partial charge < -0.3 is 15.4 Å². The zero-order valence-corrected chi connectivity index (χ0v) is 11.8. The third-order valence-corrected chi connectivity index (χ3v) is 3.06. The first kappa shape index (κ1) is 15.0. The lowest BCUT2D eigenvalue weighted by molar-refractivity contribution is 0.206. The quantitative estimate of drug-likeness (QED) is 0.773. The summed E-state index contributed by atoms with van der Waals surface area (Å²) in [6, 6.07) is 5.92. The Bertz CT molecular complexity index is 393. The molecule has 1 rings (SSSR count). The molecule has 18 heavy (non-hydrogen) atoms. The van der Waals surface area contributed by atoms with Crippen molar-refractivity contribution in [2.75, 3.05) is 31.7 Å². The Morgan fingerprint density at radius 2 is 2.28 bits per heavy atom. The minimum absolute atomic E-state index is 0.0108. The summed E-state index contributed by atoms with van der Waals surface area (Å²) in [6.07, 6.45) is 1.85. The molecule has 0 aromatic heterocycles. The maximum atomic E-state index is 6.31. The molecule has 0 saturated carbocycles. The van der Waals surface area contributed by atoms with E-state index in [-0.39, 0.29) is 6.04 Å². The van der Waals surface area contributed by atoms with Gasteiger partial charge in [0.15, 0.2) is 0 Å². The predicted molar refractivity (Wildman–Crippen MR) is 78.3 cm³/mol. The van der Waals surface area contributed by atoms with Gasteiger partial charge in [0, 0.05) is 26.2 Å². The molecule has 100 valence electrons. The fourth-order valence-electron chi connectivity index (χ4n) is 1.73. The van der Waals surface area contributed by atoms with Gasteiger partial charge in [-0.3, -0.25) is 0 Å². The van der Waals surface area contributed by atoms with Gasteiger partial charge in [-0.25, -0.2) is 0 Å². The van der Waals surface area contributed by atoms with Gasteiger partial charge in [-0.1, -0.05) is 23.7 Å². The van der Waals surface area contributed by atoms with E-state index in [9.17, 15) is 0 Å². The SMILES string of the molecule is C=CCN(CCOC)c1ccc([C@@H](C)N)cc1Cl. The van der Waals surface area contributed by atoms with Gasteiger partial charge in [0.1, 0.15) is 0 Å². The van der Waals surface area contributed by atoms with Crippen molar-refractivity contribution in [3.8, 4) is 0 Å². The van der Waals surface area contributed by atoms with Crippen LogP contribution in [0.2, 0.25) is 5.02 Å². The van der Waals surface area contributed by atoms with Crippen LogP contribution in [0.15, 0.2) is 30.9 Å². The predicted octanol–water partition coefficient (Wildman–Crippen LogP) is 3.00. The summed E-state index contributed by atoms with van der Waals surface area (Å²) in [7, 11) is 1.69. The van der Waals surface area contributed by atoms with Crippen LogP contribution >= 0.6 is 11.6 Å². The molecule has 0 unspecified atom stereocenters. The maximum Gasteiger partial charge on any atom is 0.0643 e. The van der Waals surface area contributed by atoms with Crippen LogP contribution in [0.1, 0.15) is 18.5 Å². The van der Waals surface area contributed by atoms with Crippen molar-refractivity contribution in [3.63, 3.8) is 0 Å². The molecule has 0 aliphatic rings. The molecule has 0 bridgehead atoms. The molecule has 0 spiro atoms. The minimum atomic E-state index is -0.0108. The third-order valence-electron chi connectivity index (χ3n) is 2.75. The molecule has 1 aromatic carbocycles. The lowest BCUT2D eigenvalue weighted by Crippen LogP contribution is -2.27. The first-order valence-electron chi connectivity index (χ1n) is 6.00. The van der Waals surface area contributed by atoms with Crippen LogP contribution in [0.5, 0.6) is 0 Å². The van der Waals surface area contributed by atoms with Gasteiger partial charge in [0.05, 0.1) is 17.3 Å². The van der Waals surface area contributed by atoms with Crippen molar-refractivity contribution in [2.24, 2.45) is 5.73 Å². The highest BCUT2D eigenvalue weighted by molar-refractivity contribution is 6.33. The van der Waals surface area contributed by atoms with Gasteiger partial charge in [0.2, 0.25) is 0 Å². The fraction of sp³-hybridized carbons (Fsp3) is 0.429. The summed E-state index contributed by atoms with van der Waals surface area (Å²) >= 11 is 6.31. The highest BCUT2D eigenvalue weighted by Crippen LogP contribution is 2.28. The van der Waals surface area contributed by atoms with E-state index in [4.69, 9.17) is 22.1 Å². The van der Waals surface area contributed by atoms with Crippen LogP contribution in [-0.2, 0) is 4.74 Å². The zero-order chi connectivity index (χ0) is 13.5. The van der Waals surface area contributed by atoms with E-state index in [1.165, 1.54) is 0 Å². The van der Waals surface area contributed by atoms with Crippen LogP contribution in [0, 0.1) is 0 Å². The number of rotatable bonds is 7. The molecule has 2 N–H and O–H groups in total. The van der Waals surface area contributed by atoms with E-state index in [1.807, 2.05) is 31.2 Å². The number of halogens is 1. The highest BCUT2D eigenvalue weighted by Gasteiger charge is 2.10. The summed E-state index contributed by atoms with van der Waals surface area (Å²) in [4.78, 5) is 2.13. The first-order chi connectivity index (χ1) is 8.60. The third kappa shape index (κ3) is 4.02. The molecule has 3 nitrogen and oxygen atoms in total. The van der Waals surface area contributed by atoms with Crippen molar-refractivity contribution in [1.29, 1.82) is 0 Å². The molecule has 0 aliphatic carbocycles. The largest absolute Gasteiger partial charge is 0.383 e. The van der Waals surface area contributed by atoms with E-state index in [2.05, 4.69) is 11.5 Å². The van der Waals surface area contributed by atoms with Crippen molar-refractivity contribution in [2.45, 2.75) is 13.0 Å². The Balaban J connectivity index is 2.93. The van der Waals surface area contributed by atoms with E-state index in [0.717, 1.165) is 24.3 Å². The number of nitrogens with zero attached hydrogens (tertiary/aromatic N) is 1. The van der Waals surface area contributed by atoms with Crippen molar-refractivity contribution in [3.05, 3.63) is 41.4 Å². The second-order valence-electron chi connectivity index (χ2n) is 4.23. The molecule has 0 radical (unpaired) electrons. The Labute approximate surface area is 114 Å². The van der Waals surface area contributed by atoms with Gasteiger partial charge in [-0.15, -0.1) is 6.58 Å². The van der Waals surface area contributed by atoms with E-state index in [0.29, 0.717) is 11.6 Å². The topological polar surface area (TPSA) is 38.5 Å². The van der Waals surface area contributed by atoms with Gasteiger partial charge in [-0.05, 0) is 24.6 Å². The van der Waals surface area contributed by atoms with Crippen molar-refractivity contribution in [1.82, 2.24) is 0 Å². The second-order valence-corrected chi connectivity index (χ2v) is 4.63. The number of hydrogen-bond donors (Lipinski definition) is 1. The molecule has 1 aromatic rings. The lowest BCUT2D eigenvalue weighted by atomic mass is 10.1. The number of benzene rings is 1. The van der Waals surface area contributed by atoms with Gasteiger partial charge in [-0.2, -0.15) is 0 Å². The zero-order valence-electron chi connectivity index (χ0n) is 11.0. The molecule has 0 heterocycles. The van der Waals surface area contributed by atoms with Gasteiger partial charge in [0.25, 0.3) is 0 Å². The average molecular weight is 269 g/mol. The van der Waals surface area contributed by atoms with E-state index < -0.39 is 0 Å². The number of anilines is 1. The number of ether oxygens (including phenoxy) is 1. The normalized spacial score (nSPS) is 12.2. The Hall–Kier alpha value is -1.03. The smallest absolute Gasteiger partial charge is 0.0643 e. The second kappa shape index (κ2) is 7.41.